The van der Waals surface area contributed by atoms with E-state index in [1.54, 1.807) is 0 Å². The highest BCUT2D eigenvalue weighted by Crippen LogP contribution is 2.22. The molecular weight excluding hydrogens is 314 g/mol. The van der Waals surface area contributed by atoms with Crippen molar-refractivity contribution in [1.82, 2.24) is 5.32 Å². The zero-order valence-corrected chi connectivity index (χ0v) is 14.4. The number of carbonyl (C=O) groups is 2. The number of unbranched alkanes of at least 4 members (excludes halogenated alkanes) is 3. The van der Waals surface area contributed by atoms with Gasteiger partial charge in [-0.2, -0.15) is 0 Å². The fraction of sp³-hybridized carbons (Fsp3) is 0.333. The summed E-state index contributed by atoms with van der Waals surface area (Å²) in [7, 11) is 0. The van der Waals surface area contributed by atoms with Gasteiger partial charge in [0.1, 0.15) is 0 Å². The normalized spacial score (nSPS) is 10.6. The lowest BCUT2D eigenvalue weighted by Gasteiger charge is -2.20. The highest BCUT2D eigenvalue weighted by Gasteiger charge is 2.16. The Hall–Kier alpha value is -2.62. The minimum Gasteiger partial charge on any atom is -0.481 e. The lowest BCUT2D eigenvalue weighted by Crippen LogP contribution is -2.29. The summed E-state index contributed by atoms with van der Waals surface area (Å²) >= 11 is 0. The molecule has 2 aromatic carbocycles. The van der Waals surface area contributed by atoms with Crippen LogP contribution in [0, 0.1) is 0 Å². The molecule has 0 aliphatic carbocycles. The summed E-state index contributed by atoms with van der Waals surface area (Å²) in [6, 6.07) is 19.7. The van der Waals surface area contributed by atoms with Gasteiger partial charge in [-0.15, -0.1) is 0 Å². The first-order valence-electron chi connectivity index (χ1n) is 8.78. The van der Waals surface area contributed by atoms with Crippen molar-refractivity contribution in [3.63, 3.8) is 0 Å². The summed E-state index contributed by atoms with van der Waals surface area (Å²) < 4.78 is 0. The molecule has 0 unspecified atom stereocenters. The van der Waals surface area contributed by atoms with Gasteiger partial charge in [0.25, 0.3) is 0 Å². The third-order valence-electron chi connectivity index (χ3n) is 4.12. The van der Waals surface area contributed by atoms with Gasteiger partial charge in [0.2, 0.25) is 5.91 Å². The Morgan fingerprint density at radius 1 is 0.760 bits per heavy atom. The van der Waals surface area contributed by atoms with E-state index in [4.69, 9.17) is 5.11 Å². The maximum absolute atomic E-state index is 12.3. The maximum atomic E-state index is 12.3. The molecule has 25 heavy (non-hydrogen) atoms. The molecule has 0 fully saturated rings. The predicted molar refractivity (Wildman–Crippen MR) is 98.2 cm³/mol. The van der Waals surface area contributed by atoms with Crippen LogP contribution in [0.25, 0.3) is 0 Å². The van der Waals surface area contributed by atoms with Gasteiger partial charge in [0, 0.05) is 12.8 Å². The molecule has 2 N–H and O–H groups in total. The van der Waals surface area contributed by atoms with Crippen molar-refractivity contribution < 1.29 is 14.7 Å². The highest BCUT2D eigenvalue weighted by atomic mass is 16.4. The first-order chi connectivity index (χ1) is 12.2. The molecule has 0 radical (unpaired) electrons. The second-order valence-corrected chi connectivity index (χ2v) is 6.13. The van der Waals surface area contributed by atoms with Crippen LogP contribution >= 0.6 is 0 Å². The summed E-state index contributed by atoms with van der Waals surface area (Å²) in [5, 5.41) is 11.7. The number of aliphatic carboxylic acids is 1. The molecule has 0 aliphatic heterocycles. The molecular formula is C21H25NO3. The fourth-order valence-corrected chi connectivity index (χ4v) is 2.80. The van der Waals surface area contributed by atoms with E-state index in [0.29, 0.717) is 12.8 Å². The number of carboxylic acids is 1. The van der Waals surface area contributed by atoms with E-state index in [1.165, 1.54) is 0 Å². The van der Waals surface area contributed by atoms with E-state index in [-0.39, 0.29) is 18.4 Å². The van der Waals surface area contributed by atoms with Crippen LogP contribution in [-0.2, 0) is 9.59 Å². The van der Waals surface area contributed by atoms with E-state index < -0.39 is 5.97 Å². The number of hydrogen-bond acceptors (Lipinski definition) is 2. The number of nitrogens with one attached hydrogen (secondary N) is 1. The number of rotatable bonds is 10. The van der Waals surface area contributed by atoms with Gasteiger partial charge in [-0.25, -0.2) is 0 Å². The van der Waals surface area contributed by atoms with Crippen LogP contribution in [0.5, 0.6) is 0 Å². The average molecular weight is 339 g/mol. The molecule has 0 saturated carbocycles. The summed E-state index contributed by atoms with van der Waals surface area (Å²) in [6.45, 7) is 0. The zero-order valence-electron chi connectivity index (χ0n) is 14.4. The fourth-order valence-electron chi connectivity index (χ4n) is 2.80. The Kier molecular flexibility index (Phi) is 7.70. The number of hydrogen-bond donors (Lipinski definition) is 2. The molecule has 0 heterocycles. The van der Waals surface area contributed by atoms with Gasteiger partial charge in [-0.1, -0.05) is 73.5 Å². The number of amides is 1. The molecule has 0 aromatic heterocycles. The van der Waals surface area contributed by atoms with Crippen molar-refractivity contribution in [3.8, 4) is 0 Å². The number of carboxylic acid groups (broad SMARTS) is 1. The Morgan fingerprint density at radius 3 is 1.72 bits per heavy atom. The molecule has 4 nitrogen and oxygen atoms in total. The second kappa shape index (κ2) is 10.3. The monoisotopic (exact) mass is 339 g/mol. The SMILES string of the molecule is O=C(O)CCCCCCC(=O)NC(c1ccccc1)c1ccccc1. The first kappa shape index (κ1) is 18.7. The Morgan fingerprint density at radius 2 is 1.24 bits per heavy atom. The molecule has 2 aromatic rings. The third-order valence-corrected chi connectivity index (χ3v) is 4.12. The van der Waals surface area contributed by atoms with Crippen molar-refractivity contribution in [2.24, 2.45) is 0 Å². The standard InChI is InChI=1S/C21H25NO3/c23-19(15-9-1-2-10-16-20(24)25)22-21(17-11-5-3-6-12-17)18-13-7-4-8-14-18/h3-8,11-14,21H,1-2,9-10,15-16H2,(H,22,23)(H,24,25). The zero-order chi connectivity index (χ0) is 17.9. The molecule has 0 saturated heterocycles. The van der Waals surface area contributed by atoms with E-state index in [2.05, 4.69) is 5.32 Å². The van der Waals surface area contributed by atoms with Gasteiger partial charge in [-0.3, -0.25) is 9.59 Å². The molecule has 4 heteroatoms. The quantitative estimate of drug-likeness (QED) is 0.634. The summed E-state index contributed by atoms with van der Waals surface area (Å²) in [5.74, 6) is -0.734. The minimum atomic E-state index is -0.758. The van der Waals surface area contributed by atoms with Gasteiger partial charge < -0.3 is 10.4 Å². The lowest BCUT2D eigenvalue weighted by atomic mass is 9.98. The lowest BCUT2D eigenvalue weighted by molar-refractivity contribution is -0.137. The summed E-state index contributed by atoms with van der Waals surface area (Å²) in [4.78, 5) is 22.8. The van der Waals surface area contributed by atoms with Gasteiger partial charge in [-0.05, 0) is 24.0 Å². The highest BCUT2D eigenvalue weighted by molar-refractivity contribution is 5.77. The topological polar surface area (TPSA) is 66.4 Å². The summed E-state index contributed by atoms with van der Waals surface area (Å²) in [6.07, 6.45) is 3.84. The van der Waals surface area contributed by atoms with Crippen molar-refractivity contribution >= 4 is 11.9 Å². The third kappa shape index (κ3) is 6.79. The number of carbonyl (C=O) groups excluding carboxylic acids is 1. The molecule has 2 rings (SSSR count). The smallest absolute Gasteiger partial charge is 0.303 e. The van der Waals surface area contributed by atoms with Crippen LogP contribution < -0.4 is 5.32 Å². The van der Waals surface area contributed by atoms with Crippen LogP contribution in [-0.4, -0.2) is 17.0 Å². The van der Waals surface area contributed by atoms with Crippen LogP contribution in [0.1, 0.15) is 55.7 Å². The van der Waals surface area contributed by atoms with E-state index in [1.807, 2.05) is 60.7 Å². The Bertz CT molecular complexity index is 616. The van der Waals surface area contributed by atoms with Crippen molar-refractivity contribution in [2.45, 2.75) is 44.6 Å². The van der Waals surface area contributed by atoms with Crippen LogP contribution in [0.2, 0.25) is 0 Å². The molecule has 0 spiro atoms. The van der Waals surface area contributed by atoms with Crippen LogP contribution in [0.3, 0.4) is 0 Å². The maximum Gasteiger partial charge on any atom is 0.303 e. The summed E-state index contributed by atoms with van der Waals surface area (Å²) in [5.41, 5.74) is 2.12. The van der Waals surface area contributed by atoms with E-state index in [9.17, 15) is 9.59 Å². The van der Waals surface area contributed by atoms with Crippen LogP contribution in [0.15, 0.2) is 60.7 Å². The molecule has 0 aliphatic rings. The van der Waals surface area contributed by atoms with Gasteiger partial charge in [0.05, 0.1) is 6.04 Å². The largest absolute Gasteiger partial charge is 0.481 e. The van der Waals surface area contributed by atoms with E-state index in [0.717, 1.165) is 30.4 Å². The van der Waals surface area contributed by atoms with Crippen LogP contribution in [0.4, 0.5) is 0 Å². The van der Waals surface area contributed by atoms with Crippen molar-refractivity contribution in [1.29, 1.82) is 0 Å². The van der Waals surface area contributed by atoms with E-state index >= 15 is 0 Å². The van der Waals surface area contributed by atoms with Gasteiger partial charge in [0.15, 0.2) is 0 Å². The predicted octanol–water partition coefficient (Wildman–Crippen LogP) is 4.32. The molecule has 0 bridgehead atoms. The molecule has 1 amide bonds. The molecule has 132 valence electrons. The first-order valence-corrected chi connectivity index (χ1v) is 8.78. The second-order valence-electron chi connectivity index (χ2n) is 6.13. The average Bonchev–Trinajstić information content (AvgIpc) is 2.64. The molecule has 0 atom stereocenters. The Labute approximate surface area is 148 Å². The van der Waals surface area contributed by atoms with Crippen molar-refractivity contribution in [2.75, 3.05) is 0 Å². The van der Waals surface area contributed by atoms with Crippen molar-refractivity contribution in [3.05, 3.63) is 71.8 Å². The van der Waals surface area contributed by atoms with Gasteiger partial charge >= 0.3 is 5.97 Å². The number of benzene rings is 2. The minimum absolute atomic E-state index is 0.0240. The Balaban J connectivity index is 1.87.